The molecule has 1 unspecified atom stereocenters. The van der Waals surface area contributed by atoms with Gasteiger partial charge in [-0.05, 0) is 23.8 Å². The van der Waals surface area contributed by atoms with Crippen molar-refractivity contribution >= 4 is 0 Å². The zero-order valence-corrected chi connectivity index (χ0v) is 12.1. The first-order chi connectivity index (χ1) is 8.37. The second-order valence-electron chi connectivity index (χ2n) is 6.14. The van der Waals surface area contributed by atoms with Crippen LogP contribution in [0.5, 0.6) is 5.88 Å². The van der Waals surface area contributed by atoms with Crippen LogP contribution in [0, 0.1) is 16.7 Å². The van der Waals surface area contributed by atoms with Crippen molar-refractivity contribution < 1.29 is 4.74 Å². The molecule has 0 bridgehead atoms. The van der Waals surface area contributed by atoms with Gasteiger partial charge in [0.2, 0.25) is 5.88 Å². The lowest BCUT2D eigenvalue weighted by Gasteiger charge is -2.19. The Morgan fingerprint density at radius 2 is 1.72 bits per heavy atom. The molecule has 1 N–H and O–H groups in total. The Kier molecular flexibility index (Phi) is 3.09. The van der Waals surface area contributed by atoms with Crippen molar-refractivity contribution in [1.29, 1.82) is 0 Å². The molecule has 100 valence electrons. The predicted molar refractivity (Wildman–Crippen MR) is 71.4 cm³/mol. The number of ether oxygens (including phenoxy) is 1. The van der Waals surface area contributed by atoms with Gasteiger partial charge in [0.1, 0.15) is 5.69 Å². The average molecular weight is 249 g/mol. The molecule has 1 aromatic rings. The Balaban J connectivity index is 2.37. The van der Waals surface area contributed by atoms with Crippen molar-refractivity contribution in [2.24, 2.45) is 16.7 Å². The summed E-state index contributed by atoms with van der Waals surface area (Å²) < 4.78 is 5.33. The predicted octanol–water partition coefficient (Wildman–Crippen LogP) is 2.43. The maximum atomic E-state index is 5.33. The summed E-state index contributed by atoms with van der Waals surface area (Å²) in [5.74, 6) is 1.15. The topological polar surface area (TPSA) is 47.0 Å². The fourth-order valence-corrected chi connectivity index (χ4v) is 3.25. The molecule has 1 aliphatic carbocycles. The van der Waals surface area contributed by atoms with E-state index in [9.17, 15) is 0 Å². The van der Waals surface area contributed by atoms with Crippen LogP contribution >= 0.6 is 0 Å². The summed E-state index contributed by atoms with van der Waals surface area (Å²) in [5.41, 5.74) is 1.50. The average Bonchev–Trinajstić information content (AvgIpc) is 2.74. The van der Waals surface area contributed by atoms with E-state index < -0.39 is 0 Å². The lowest BCUT2D eigenvalue weighted by Crippen LogP contribution is -2.23. The van der Waals surface area contributed by atoms with Gasteiger partial charge in [-0.3, -0.25) is 4.98 Å². The van der Waals surface area contributed by atoms with E-state index in [4.69, 9.17) is 4.74 Å². The molecule has 4 nitrogen and oxygen atoms in total. The van der Waals surface area contributed by atoms with E-state index in [0.717, 1.165) is 5.69 Å². The Morgan fingerprint density at radius 3 is 2.17 bits per heavy atom. The van der Waals surface area contributed by atoms with Crippen molar-refractivity contribution in [2.45, 2.75) is 33.7 Å². The quantitative estimate of drug-likeness (QED) is 0.890. The van der Waals surface area contributed by atoms with Gasteiger partial charge in [0, 0.05) is 12.4 Å². The molecule has 1 saturated carbocycles. The van der Waals surface area contributed by atoms with Gasteiger partial charge in [-0.1, -0.05) is 27.7 Å². The molecular formula is C14H23N3O. The molecule has 0 aromatic carbocycles. The summed E-state index contributed by atoms with van der Waals surface area (Å²) in [4.78, 5) is 8.71. The van der Waals surface area contributed by atoms with E-state index in [2.05, 4.69) is 43.0 Å². The van der Waals surface area contributed by atoms with E-state index in [-0.39, 0.29) is 6.04 Å². The number of methoxy groups -OCH3 is 1. The molecule has 1 aromatic heterocycles. The maximum absolute atomic E-state index is 5.33. The van der Waals surface area contributed by atoms with Crippen LogP contribution < -0.4 is 10.1 Å². The number of nitrogens with zero attached hydrogens (tertiary/aromatic N) is 2. The van der Waals surface area contributed by atoms with Gasteiger partial charge in [-0.2, -0.15) is 0 Å². The Labute approximate surface area is 109 Å². The van der Waals surface area contributed by atoms with Gasteiger partial charge >= 0.3 is 0 Å². The summed E-state index contributed by atoms with van der Waals surface area (Å²) in [7, 11) is 3.62. The molecule has 18 heavy (non-hydrogen) atoms. The van der Waals surface area contributed by atoms with Gasteiger partial charge in [0.05, 0.1) is 13.2 Å². The highest BCUT2D eigenvalue weighted by Gasteiger charge is 2.67. The van der Waals surface area contributed by atoms with Crippen molar-refractivity contribution in [3.05, 3.63) is 18.1 Å². The minimum absolute atomic E-state index is 0.179. The van der Waals surface area contributed by atoms with Crippen molar-refractivity contribution in [2.75, 3.05) is 14.2 Å². The summed E-state index contributed by atoms with van der Waals surface area (Å²) in [6, 6.07) is 0.179. The van der Waals surface area contributed by atoms with E-state index in [1.807, 2.05) is 7.05 Å². The van der Waals surface area contributed by atoms with Crippen LogP contribution in [0.3, 0.4) is 0 Å². The third-order valence-corrected chi connectivity index (χ3v) is 4.96. The smallest absolute Gasteiger partial charge is 0.237 e. The zero-order valence-electron chi connectivity index (χ0n) is 12.1. The number of nitrogens with one attached hydrogen (secondary N) is 1. The van der Waals surface area contributed by atoms with Gasteiger partial charge in [-0.25, -0.2) is 4.98 Å². The normalized spacial score (nSPS) is 22.6. The number of aromatic nitrogens is 2. The molecule has 0 saturated heterocycles. The zero-order chi connectivity index (χ0) is 13.6. The fourth-order valence-electron chi connectivity index (χ4n) is 3.25. The van der Waals surface area contributed by atoms with Gasteiger partial charge in [-0.15, -0.1) is 0 Å². The molecule has 0 aliphatic heterocycles. The van der Waals surface area contributed by atoms with Crippen molar-refractivity contribution in [3.8, 4) is 5.88 Å². The van der Waals surface area contributed by atoms with Crippen molar-refractivity contribution in [3.63, 3.8) is 0 Å². The first kappa shape index (κ1) is 13.3. The van der Waals surface area contributed by atoms with Crippen LogP contribution in [0.1, 0.15) is 39.4 Å². The van der Waals surface area contributed by atoms with Gasteiger partial charge < -0.3 is 10.1 Å². The lowest BCUT2D eigenvalue weighted by atomic mass is 10.0. The summed E-state index contributed by atoms with van der Waals surface area (Å²) in [6.07, 6.45) is 3.39. The van der Waals surface area contributed by atoms with Gasteiger partial charge in [0.25, 0.3) is 0 Å². The van der Waals surface area contributed by atoms with Crippen molar-refractivity contribution in [1.82, 2.24) is 15.3 Å². The van der Waals surface area contributed by atoms with Crippen LogP contribution in [-0.2, 0) is 0 Å². The fraction of sp³-hybridized carbons (Fsp3) is 0.714. The molecule has 0 radical (unpaired) electrons. The largest absolute Gasteiger partial charge is 0.480 e. The van der Waals surface area contributed by atoms with Crippen LogP contribution in [0.4, 0.5) is 0 Å². The molecular weight excluding hydrogens is 226 g/mol. The molecule has 1 fully saturated rings. The minimum atomic E-state index is 0.179. The monoisotopic (exact) mass is 249 g/mol. The first-order valence-corrected chi connectivity index (χ1v) is 6.40. The third-order valence-electron chi connectivity index (χ3n) is 4.96. The van der Waals surface area contributed by atoms with Crippen LogP contribution in [0.25, 0.3) is 0 Å². The SMILES string of the molecule is CNC(c1nccnc1OC)C1C(C)(C)C1(C)C. The molecule has 0 spiro atoms. The molecule has 2 rings (SSSR count). The maximum Gasteiger partial charge on any atom is 0.237 e. The van der Waals surface area contributed by atoms with E-state index in [1.165, 1.54) is 0 Å². The summed E-state index contributed by atoms with van der Waals surface area (Å²) in [6.45, 7) is 9.24. The molecule has 1 aliphatic rings. The summed E-state index contributed by atoms with van der Waals surface area (Å²) >= 11 is 0. The Morgan fingerprint density at radius 1 is 1.17 bits per heavy atom. The highest BCUT2D eigenvalue weighted by molar-refractivity contribution is 5.28. The second kappa shape index (κ2) is 4.19. The number of rotatable bonds is 4. The molecule has 1 heterocycles. The van der Waals surface area contributed by atoms with E-state index in [1.54, 1.807) is 19.5 Å². The van der Waals surface area contributed by atoms with Gasteiger partial charge in [0.15, 0.2) is 0 Å². The molecule has 1 atom stereocenters. The van der Waals surface area contributed by atoms with Crippen LogP contribution in [0.2, 0.25) is 0 Å². The molecule has 0 amide bonds. The third kappa shape index (κ3) is 1.70. The van der Waals surface area contributed by atoms with Crippen LogP contribution in [-0.4, -0.2) is 24.1 Å². The highest BCUT2D eigenvalue weighted by Crippen LogP contribution is 2.72. The minimum Gasteiger partial charge on any atom is -0.480 e. The number of hydrogen-bond acceptors (Lipinski definition) is 4. The van der Waals surface area contributed by atoms with E-state index >= 15 is 0 Å². The molecule has 4 heteroatoms. The standard InChI is InChI=1S/C14H23N3O/c1-13(2)11(14(13,3)4)9(15-5)10-12(18-6)17-8-7-16-10/h7-9,11,15H,1-6H3. The number of hydrogen-bond donors (Lipinski definition) is 1. The highest BCUT2D eigenvalue weighted by atomic mass is 16.5. The Hall–Kier alpha value is -1.16. The van der Waals surface area contributed by atoms with Crippen LogP contribution in [0.15, 0.2) is 12.4 Å². The second-order valence-corrected chi connectivity index (χ2v) is 6.14. The Bertz CT molecular complexity index is 428. The van der Waals surface area contributed by atoms with E-state index in [0.29, 0.717) is 22.6 Å². The summed E-state index contributed by atoms with van der Waals surface area (Å²) in [5, 5.41) is 3.38. The lowest BCUT2D eigenvalue weighted by molar-refractivity contribution is 0.360. The first-order valence-electron chi connectivity index (χ1n) is 6.40.